The summed E-state index contributed by atoms with van der Waals surface area (Å²) in [6, 6.07) is 4.89. The van der Waals surface area contributed by atoms with Gasteiger partial charge in [-0.05, 0) is 31.5 Å². The van der Waals surface area contributed by atoms with Crippen LogP contribution in [0.5, 0.6) is 0 Å². The van der Waals surface area contributed by atoms with Crippen LogP contribution in [0.3, 0.4) is 0 Å². The number of aryl methyl sites for hydroxylation is 1. The van der Waals surface area contributed by atoms with Crippen molar-refractivity contribution in [3.05, 3.63) is 35.5 Å². The zero-order valence-corrected chi connectivity index (χ0v) is 10.5. The normalized spacial score (nSPS) is 12.7. The summed E-state index contributed by atoms with van der Waals surface area (Å²) in [6.07, 6.45) is 0.782. The van der Waals surface area contributed by atoms with Crippen LogP contribution in [-0.4, -0.2) is 16.7 Å². The first kappa shape index (κ1) is 12.7. The molecule has 2 N–H and O–H groups in total. The van der Waals surface area contributed by atoms with Gasteiger partial charge in [0.2, 0.25) is 11.7 Å². The molecule has 96 valence electrons. The quantitative estimate of drug-likeness (QED) is 0.904. The van der Waals surface area contributed by atoms with Crippen LogP contribution in [0.2, 0.25) is 0 Å². The van der Waals surface area contributed by atoms with E-state index in [1.165, 1.54) is 6.07 Å². The summed E-state index contributed by atoms with van der Waals surface area (Å²) >= 11 is 0. The highest BCUT2D eigenvalue weighted by Gasteiger charge is 2.15. The molecule has 5 heteroatoms. The van der Waals surface area contributed by atoms with E-state index in [1.54, 1.807) is 19.1 Å². The maximum absolute atomic E-state index is 13.4. The van der Waals surface area contributed by atoms with E-state index in [1.807, 2.05) is 6.92 Å². The highest BCUT2D eigenvalue weighted by molar-refractivity contribution is 5.54. The van der Waals surface area contributed by atoms with Gasteiger partial charge in [-0.1, -0.05) is 24.2 Å². The average molecular weight is 249 g/mol. The molecular weight excluding hydrogens is 233 g/mol. The van der Waals surface area contributed by atoms with Crippen molar-refractivity contribution >= 4 is 0 Å². The molecule has 0 aliphatic rings. The molecule has 1 unspecified atom stereocenters. The molecule has 4 nitrogen and oxygen atoms in total. The van der Waals surface area contributed by atoms with E-state index in [-0.39, 0.29) is 11.7 Å². The minimum atomic E-state index is -0.270. The molecule has 0 aliphatic heterocycles. The zero-order valence-electron chi connectivity index (χ0n) is 10.5. The second-order valence-corrected chi connectivity index (χ2v) is 4.40. The van der Waals surface area contributed by atoms with Gasteiger partial charge in [-0.25, -0.2) is 4.39 Å². The molecule has 1 heterocycles. The molecule has 0 saturated carbocycles. The molecule has 1 aromatic heterocycles. The standard InChI is InChI=1S/C13H16FN3O/c1-8-3-4-10(7-11(8)14)12-16-13(18-17-12)9(2)5-6-15/h3-4,7,9H,5-6,15H2,1-2H3. The first-order valence-electron chi connectivity index (χ1n) is 5.92. The van der Waals surface area contributed by atoms with Crippen molar-refractivity contribution in [1.82, 2.24) is 10.1 Å². The smallest absolute Gasteiger partial charge is 0.229 e. The maximum atomic E-state index is 13.4. The van der Waals surface area contributed by atoms with Crippen molar-refractivity contribution in [2.75, 3.05) is 6.54 Å². The third kappa shape index (κ3) is 2.56. The Morgan fingerprint density at radius 2 is 2.22 bits per heavy atom. The molecule has 0 saturated heterocycles. The predicted octanol–water partition coefficient (Wildman–Crippen LogP) is 2.64. The third-order valence-electron chi connectivity index (χ3n) is 2.89. The van der Waals surface area contributed by atoms with Crippen LogP contribution in [0.25, 0.3) is 11.4 Å². The summed E-state index contributed by atoms with van der Waals surface area (Å²) in [6.45, 7) is 4.25. The number of nitrogens with two attached hydrogens (primary N) is 1. The topological polar surface area (TPSA) is 64.9 Å². The molecule has 1 atom stereocenters. The van der Waals surface area contributed by atoms with Crippen molar-refractivity contribution in [2.45, 2.75) is 26.2 Å². The van der Waals surface area contributed by atoms with Gasteiger partial charge in [0.15, 0.2) is 0 Å². The molecular formula is C13H16FN3O. The van der Waals surface area contributed by atoms with E-state index in [9.17, 15) is 4.39 Å². The summed E-state index contributed by atoms with van der Waals surface area (Å²) in [5, 5.41) is 3.87. The molecule has 0 aliphatic carbocycles. The van der Waals surface area contributed by atoms with Gasteiger partial charge in [-0.2, -0.15) is 4.98 Å². The molecule has 0 fully saturated rings. The molecule has 0 amide bonds. The largest absolute Gasteiger partial charge is 0.339 e. The summed E-state index contributed by atoms with van der Waals surface area (Å²) in [4.78, 5) is 4.27. The number of hydrogen-bond donors (Lipinski definition) is 1. The van der Waals surface area contributed by atoms with Gasteiger partial charge in [0.05, 0.1) is 0 Å². The van der Waals surface area contributed by atoms with Crippen LogP contribution in [-0.2, 0) is 0 Å². The van der Waals surface area contributed by atoms with E-state index >= 15 is 0 Å². The molecule has 18 heavy (non-hydrogen) atoms. The summed E-state index contributed by atoms with van der Waals surface area (Å²) in [7, 11) is 0. The van der Waals surface area contributed by atoms with Crippen molar-refractivity contribution in [3.8, 4) is 11.4 Å². The van der Waals surface area contributed by atoms with Crippen molar-refractivity contribution < 1.29 is 8.91 Å². The molecule has 2 rings (SSSR count). The number of aromatic nitrogens is 2. The first-order chi connectivity index (χ1) is 8.61. The lowest BCUT2D eigenvalue weighted by Crippen LogP contribution is -2.04. The highest BCUT2D eigenvalue weighted by Crippen LogP contribution is 2.22. The number of rotatable bonds is 4. The van der Waals surface area contributed by atoms with Gasteiger partial charge in [-0.3, -0.25) is 0 Å². The van der Waals surface area contributed by atoms with Gasteiger partial charge in [0.1, 0.15) is 5.82 Å². The SMILES string of the molecule is Cc1ccc(-c2noc(C(C)CCN)n2)cc1F. The number of benzene rings is 1. The molecule has 1 aromatic carbocycles. The molecule has 0 radical (unpaired) electrons. The second-order valence-electron chi connectivity index (χ2n) is 4.40. The van der Waals surface area contributed by atoms with Crippen molar-refractivity contribution in [1.29, 1.82) is 0 Å². The van der Waals surface area contributed by atoms with Gasteiger partial charge < -0.3 is 10.3 Å². The van der Waals surface area contributed by atoms with Crippen LogP contribution in [0.4, 0.5) is 4.39 Å². The third-order valence-corrected chi connectivity index (χ3v) is 2.89. The van der Waals surface area contributed by atoms with Crippen molar-refractivity contribution in [3.63, 3.8) is 0 Å². The van der Waals surface area contributed by atoms with E-state index in [0.29, 0.717) is 29.4 Å². The lowest BCUT2D eigenvalue weighted by atomic mass is 10.1. The highest BCUT2D eigenvalue weighted by atomic mass is 19.1. The Morgan fingerprint density at radius 3 is 2.89 bits per heavy atom. The number of hydrogen-bond acceptors (Lipinski definition) is 4. The number of halogens is 1. The predicted molar refractivity (Wildman–Crippen MR) is 66.5 cm³/mol. The Balaban J connectivity index is 2.26. The molecule has 0 bridgehead atoms. The average Bonchev–Trinajstić information content (AvgIpc) is 2.82. The summed E-state index contributed by atoms with van der Waals surface area (Å²) in [5.74, 6) is 0.796. The van der Waals surface area contributed by atoms with Crippen LogP contribution in [0.15, 0.2) is 22.7 Å². The zero-order chi connectivity index (χ0) is 13.1. The van der Waals surface area contributed by atoms with Crippen LogP contribution < -0.4 is 5.73 Å². The van der Waals surface area contributed by atoms with Crippen LogP contribution in [0, 0.1) is 12.7 Å². The fraction of sp³-hybridized carbons (Fsp3) is 0.385. The second kappa shape index (κ2) is 5.27. The van der Waals surface area contributed by atoms with E-state index in [0.717, 1.165) is 6.42 Å². The Labute approximate surface area is 105 Å². The first-order valence-corrected chi connectivity index (χ1v) is 5.92. The van der Waals surface area contributed by atoms with E-state index in [2.05, 4.69) is 10.1 Å². The lowest BCUT2D eigenvalue weighted by molar-refractivity contribution is 0.355. The number of nitrogens with zero attached hydrogens (tertiary/aromatic N) is 2. The van der Waals surface area contributed by atoms with Gasteiger partial charge in [0, 0.05) is 11.5 Å². The summed E-state index contributed by atoms with van der Waals surface area (Å²) in [5.41, 5.74) is 6.70. The van der Waals surface area contributed by atoms with Crippen molar-refractivity contribution in [2.24, 2.45) is 5.73 Å². The van der Waals surface area contributed by atoms with E-state index < -0.39 is 0 Å². The Kier molecular flexibility index (Phi) is 3.72. The Bertz CT molecular complexity index is 539. The van der Waals surface area contributed by atoms with Gasteiger partial charge in [-0.15, -0.1) is 0 Å². The molecule has 2 aromatic rings. The van der Waals surface area contributed by atoms with Crippen LogP contribution >= 0.6 is 0 Å². The van der Waals surface area contributed by atoms with Crippen LogP contribution in [0.1, 0.15) is 30.7 Å². The Hall–Kier alpha value is -1.75. The van der Waals surface area contributed by atoms with E-state index in [4.69, 9.17) is 10.3 Å². The Morgan fingerprint density at radius 1 is 1.44 bits per heavy atom. The fourth-order valence-electron chi connectivity index (χ4n) is 1.66. The lowest BCUT2D eigenvalue weighted by Gasteiger charge is -2.01. The minimum absolute atomic E-state index is 0.117. The fourth-order valence-corrected chi connectivity index (χ4v) is 1.66. The molecule has 0 spiro atoms. The minimum Gasteiger partial charge on any atom is -0.339 e. The van der Waals surface area contributed by atoms with Gasteiger partial charge >= 0.3 is 0 Å². The van der Waals surface area contributed by atoms with Gasteiger partial charge in [0.25, 0.3) is 0 Å². The maximum Gasteiger partial charge on any atom is 0.229 e. The summed E-state index contributed by atoms with van der Waals surface area (Å²) < 4.78 is 18.6. The monoisotopic (exact) mass is 249 g/mol.